The van der Waals surface area contributed by atoms with Gasteiger partial charge in [-0.15, -0.1) is 0 Å². The highest BCUT2D eigenvalue weighted by Gasteiger charge is 2.46. The van der Waals surface area contributed by atoms with Crippen LogP contribution in [-0.2, 0) is 17.1 Å². The molecule has 5 aromatic rings. The molecule has 0 atom stereocenters. The SMILES string of the molecule is CN(C)Cc1c(-c2ccccc2)ccc2c(CCC3CCN(CC4(COS(c5ccccc5)(c5ccccc5)C(C)(C)C)CCC4)CC3)noc12. The summed E-state index contributed by atoms with van der Waals surface area (Å²) >= 11 is 0. The molecule has 2 aliphatic rings. The van der Waals surface area contributed by atoms with Crippen molar-refractivity contribution >= 4 is 21.3 Å². The summed E-state index contributed by atoms with van der Waals surface area (Å²) < 4.78 is 13.5. The summed E-state index contributed by atoms with van der Waals surface area (Å²) in [7, 11) is 2.50. The van der Waals surface area contributed by atoms with Gasteiger partial charge in [-0.2, -0.15) is 0 Å². The van der Waals surface area contributed by atoms with Crippen LogP contribution in [0.15, 0.2) is 117 Å². The molecular weight excluding hydrogens is 647 g/mol. The lowest BCUT2D eigenvalue weighted by atomic mass is 9.69. The first kappa shape index (κ1) is 36.0. The van der Waals surface area contributed by atoms with E-state index in [-0.39, 0.29) is 10.2 Å². The second-order valence-corrected chi connectivity index (χ2v) is 19.9. The van der Waals surface area contributed by atoms with Gasteiger partial charge in [-0.05, 0) is 134 Å². The van der Waals surface area contributed by atoms with Crippen LogP contribution >= 0.6 is 10.3 Å². The molecule has 2 heterocycles. The fraction of sp³-hybridized carbons (Fsp3) is 0.444. The van der Waals surface area contributed by atoms with Gasteiger partial charge in [-0.1, -0.05) is 94.7 Å². The van der Waals surface area contributed by atoms with Crippen LogP contribution in [0.2, 0.25) is 0 Å². The number of aryl methyl sites for hydroxylation is 1. The zero-order valence-corrected chi connectivity index (χ0v) is 32.3. The predicted molar refractivity (Wildman–Crippen MR) is 213 cm³/mol. The van der Waals surface area contributed by atoms with E-state index >= 15 is 0 Å². The third-order valence-electron chi connectivity index (χ3n) is 11.4. The molecule has 1 saturated carbocycles. The summed E-state index contributed by atoms with van der Waals surface area (Å²) in [6.07, 6.45) is 8.47. The first-order chi connectivity index (χ1) is 24.7. The van der Waals surface area contributed by atoms with E-state index in [2.05, 4.69) is 153 Å². The summed E-state index contributed by atoms with van der Waals surface area (Å²) in [5, 5.41) is 5.83. The van der Waals surface area contributed by atoms with E-state index in [0.29, 0.717) is 0 Å². The Morgan fingerprint density at radius 1 is 0.843 bits per heavy atom. The molecular formula is C45H57N3O2S. The van der Waals surface area contributed by atoms with Gasteiger partial charge in [-0.25, -0.2) is 0 Å². The van der Waals surface area contributed by atoms with Crippen LogP contribution in [0.1, 0.15) is 70.6 Å². The van der Waals surface area contributed by atoms with Crippen LogP contribution < -0.4 is 0 Å². The lowest BCUT2D eigenvalue weighted by Crippen LogP contribution is -2.48. The first-order valence-corrected chi connectivity index (χ1v) is 20.6. The van der Waals surface area contributed by atoms with Crippen molar-refractivity contribution in [1.82, 2.24) is 15.0 Å². The minimum Gasteiger partial charge on any atom is -0.356 e. The van der Waals surface area contributed by atoms with Crippen molar-refractivity contribution in [1.29, 1.82) is 0 Å². The van der Waals surface area contributed by atoms with Crippen LogP contribution in [0, 0.1) is 11.3 Å². The number of hydrogen-bond donors (Lipinski definition) is 0. The predicted octanol–water partition coefficient (Wildman–Crippen LogP) is 11.0. The van der Waals surface area contributed by atoms with Gasteiger partial charge in [0.05, 0.1) is 12.3 Å². The van der Waals surface area contributed by atoms with E-state index in [1.54, 1.807) is 0 Å². The fourth-order valence-electron chi connectivity index (χ4n) is 8.52. The van der Waals surface area contributed by atoms with Gasteiger partial charge in [0, 0.05) is 44.0 Å². The van der Waals surface area contributed by atoms with Crippen LogP contribution in [0.25, 0.3) is 22.1 Å². The van der Waals surface area contributed by atoms with Crippen molar-refractivity contribution in [3.63, 3.8) is 0 Å². The second-order valence-electron chi connectivity index (χ2n) is 16.4. The molecule has 7 rings (SSSR count). The molecule has 2 fully saturated rings. The van der Waals surface area contributed by atoms with Crippen molar-refractivity contribution in [2.45, 2.75) is 86.8 Å². The van der Waals surface area contributed by atoms with Gasteiger partial charge in [0.1, 0.15) is 0 Å². The Labute approximate surface area is 307 Å². The maximum atomic E-state index is 7.45. The summed E-state index contributed by atoms with van der Waals surface area (Å²) in [5.74, 6) is 0.723. The summed E-state index contributed by atoms with van der Waals surface area (Å²) in [6.45, 7) is 12.2. The quantitative estimate of drug-likeness (QED) is 0.122. The molecule has 1 aliphatic carbocycles. The number of nitrogens with zero attached hydrogens (tertiary/aromatic N) is 3. The molecule has 0 N–H and O–H groups in total. The average Bonchev–Trinajstić information content (AvgIpc) is 3.54. The van der Waals surface area contributed by atoms with E-state index in [0.717, 1.165) is 43.3 Å². The zero-order chi connectivity index (χ0) is 35.5. The second kappa shape index (κ2) is 15.3. The highest BCUT2D eigenvalue weighted by Crippen LogP contribution is 2.72. The van der Waals surface area contributed by atoms with Crippen LogP contribution in [0.5, 0.6) is 0 Å². The maximum absolute atomic E-state index is 7.45. The molecule has 5 nitrogen and oxygen atoms in total. The van der Waals surface area contributed by atoms with Gasteiger partial charge in [0.2, 0.25) is 0 Å². The number of aromatic nitrogens is 1. The maximum Gasteiger partial charge on any atom is 0.172 e. The van der Waals surface area contributed by atoms with Gasteiger partial charge < -0.3 is 18.5 Å². The molecule has 1 saturated heterocycles. The zero-order valence-electron chi connectivity index (χ0n) is 31.4. The lowest BCUT2D eigenvalue weighted by molar-refractivity contribution is 0.0105. The van der Waals surface area contributed by atoms with E-state index in [1.807, 2.05) is 0 Å². The standard InChI is InChI=1S/C45H57N3O2S/c1-44(2,3)51(37-18-11-7-12-19-37,38-20-13-8-14-21-38)49-34-45(28-15-29-45)33-48-30-26-35(27-31-48)22-25-42-40-24-23-39(36-16-9-6-10-17-36)41(32-47(4)5)43(40)50-46-42/h6-14,16-21,23-24,35H,15,22,25-34H2,1-5H3. The van der Waals surface area contributed by atoms with Gasteiger partial charge in [0.15, 0.2) is 5.58 Å². The van der Waals surface area contributed by atoms with Gasteiger partial charge in [-0.3, -0.25) is 0 Å². The van der Waals surface area contributed by atoms with Gasteiger partial charge >= 0.3 is 0 Å². The molecule has 6 heteroatoms. The highest BCUT2D eigenvalue weighted by molar-refractivity contribution is 8.31. The summed E-state index contributed by atoms with van der Waals surface area (Å²) in [6, 6.07) is 37.2. The molecule has 1 aliphatic heterocycles. The number of rotatable bonds is 13. The van der Waals surface area contributed by atoms with Gasteiger partial charge in [0.25, 0.3) is 0 Å². The topological polar surface area (TPSA) is 41.7 Å². The van der Waals surface area contributed by atoms with Crippen molar-refractivity contribution in [2.75, 3.05) is 40.3 Å². The summed E-state index contributed by atoms with van der Waals surface area (Å²) in [5.41, 5.74) is 5.96. The van der Waals surface area contributed by atoms with Crippen LogP contribution in [0.3, 0.4) is 0 Å². The molecule has 0 bridgehead atoms. The van der Waals surface area contributed by atoms with E-state index in [9.17, 15) is 0 Å². The Morgan fingerprint density at radius 3 is 2.00 bits per heavy atom. The van der Waals surface area contributed by atoms with Crippen molar-refractivity contribution in [3.05, 3.63) is 114 Å². The highest BCUT2D eigenvalue weighted by atomic mass is 32.3. The largest absolute Gasteiger partial charge is 0.356 e. The Balaban J connectivity index is 0.995. The first-order valence-electron chi connectivity index (χ1n) is 19.1. The molecule has 51 heavy (non-hydrogen) atoms. The monoisotopic (exact) mass is 703 g/mol. The Hall–Kier alpha value is -3.42. The number of benzene rings is 4. The Kier molecular flexibility index (Phi) is 10.8. The summed E-state index contributed by atoms with van der Waals surface area (Å²) in [4.78, 5) is 7.61. The number of piperidine rings is 1. The molecule has 0 radical (unpaired) electrons. The Morgan fingerprint density at radius 2 is 1.45 bits per heavy atom. The number of fused-ring (bicyclic) bond motifs is 1. The number of hydrogen-bond acceptors (Lipinski definition) is 5. The molecule has 1 aromatic heterocycles. The average molecular weight is 704 g/mol. The van der Waals surface area contributed by atoms with Crippen LogP contribution in [0.4, 0.5) is 0 Å². The van der Waals surface area contributed by atoms with Crippen molar-refractivity contribution < 1.29 is 8.71 Å². The minimum atomic E-state index is -1.73. The van der Waals surface area contributed by atoms with Crippen LogP contribution in [-0.4, -0.2) is 60.0 Å². The lowest BCUT2D eigenvalue weighted by Gasteiger charge is -2.54. The van der Waals surface area contributed by atoms with Crippen molar-refractivity contribution in [2.24, 2.45) is 11.3 Å². The van der Waals surface area contributed by atoms with E-state index in [4.69, 9.17) is 8.71 Å². The third-order valence-corrected chi connectivity index (χ3v) is 15.5. The Bertz CT molecular complexity index is 1810. The molecule has 4 aromatic carbocycles. The van der Waals surface area contributed by atoms with E-state index in [1.165, 1.54) is 83.5 Å². The smallest absolute Gasteiger partial charge is 0.172 e. The van der Waals surface area contributed by atoms with E-state index < -0.39 is 10.3 Å². The van der Waals surface area contributed by atoms with Crippen molar-refractivity contribution in [3.8, 4) is 11.1 Å². The minimum absolute atomic E-state index is 0.0493. The normalized spacial score (nSPS) is 17.5. The third kappa shape index (κ3) is 7.57. The fourth-order valence-corrected chi connectivity index (χ4v) is 12.3. The molecule has 0 unspecified atom stereocenters. The molecule has 0 spiro atoms. The molecule has 270 valence electrons. The number of likely N-dealkylation sites (tertiary alicyclic amines) is 1. The molecule has 0 amide bonds.